The third-order valence-corrected chi connectivity index (χ3v) is 4.37. The minimum absolute atomic E-state index is 0.156. The molecule has 0 aliphatic carbocycles. The standard InChI is InChI=1S/C21H24F2N6O3/c1-13-8-15(9-27-20(13)32-12-21(3,22)23)10-29-11-16-17(28-29)4-5-25-18(16)19(31)26-7-6-24-14(2)30/h4-5,8-9,11H,6-7,10,12H2,1-3H3,(H,24,30)(H,26,31). The molecule has 0 aliphatic heterocycles. The van der Waals surface area contributed by atoms with Crippen LogP contribution >= 0.6 is 0 Å². The Morgan fingerprint density at radius 2 is 1.97 bits per heavy atom. The van der Waals surface area contributed by atoms with E-state index in [0.29, 0.717) is 29.6 Å². The van der Waals surface area contributed by atoms with Crippen molar-refractivity contribution in [2.24, 2.45) is 0 Å². The van der Waals surface area contributed by atoms with Gasteiger partial charge in [-0.05, 0) is 24.6 Å². The molecule has 9 nitrogen and oxygen atoms in total. The Balaban J connectivity index is 1.71. The number of nitrogens with one attached hydrogen (secondary N) is 2. The highest BCUT2D eigenvalue weighted by Gasteiger charge is 2.23. The summed E-state index contributed by atoms with van der Waals surface area (Å²) in [5, 5.41) is 10.4. The number of carbonyl (C=O) groups excluding carboxylic acids is 2. The molecule has 0 saturated heterocycles. The summed E-state index contributed by atoms with van der Waals surface area (Å²) in [6.07, 6.45) is 4.75. The second-order valence-corrected chi connectivity index (χ2v) is 7.48. The third kappa shape index (κ3) is 6.19. The topological polar surface area (TPSA) is 111 Å². The summed E-state index contributed by atoms with van der Waals surface area (Å²) in [7, 11) is 0. The molecule has 0 spiro atoms. The van der Waals surface area contributed by atoms with Crippen molar-refractivity contribution in [1.29, 1.82) is 0 Å². The van der Waals surface area contributed by atoms with Crippen LogP contribution in [0.5, 0.6) is 5.88 Å². The number of hydrogen-bond acceptors (Lipinski definition) is 6. The van der Waals surface area contributed by atoms with Crippen LogP contribution in [-0.2, 0) is 11.3 Å². The van der Waals surface area contributed by atoms with E-state index in [9.17, 15) is 18.4 Å². The van der Waals surface area contributed by atoms with Gasteiger partial charge in [-0.15, -0.1) is 0 Å². The van der Waals surface area contributed by atoms with E-state index in [0.717, 1.165) is 12.5 Å². The summed E-state index contributed by atoms with van der Waals surface area (Å²) in [6.45, 7) is 4.12. The third-order valence-electron chi connectivity index (χ3n) is 4.37. The van der Waals surface area contributed by atoms with Crippen molar-refractivity contribution >= 4 is 22.7 Å². The molecular formula is C21H24F2N6O3. The number of amides is 2. The van der Waals surface area contributed by atoms with E-state index >= 15 is 0 Å². The van der Waals surface area contributed by atoms with Gasteiger partial charge in [-0.1, -0.05) is 0 Å². The van der Waals surface area contributed by atoms with Gasteiger partial charge in [0, 0.05) is 51.1 Å². The predicted molar refractivity (Wildman–Crippen MR) is 113 cm³/mol. The fourth-order valence-electron chi connectivity index (χ4n) is 2.99. The number of halogens is 2. The first-order valence-corrected chi connectivity index (χ1v) is 9.93. The fourth-order valence-corrected chi connectivity index (χ4v) is 2.99. The Bertz CT molecular complexity index is 1130. The van der Waals surface area contributed by atoms with Crippen LogP contribution in [-0.4, -0.2) is 57.2 Å². The van der Waals surface area contributed by atoms with Crippen LogP contribution in [0.2, 0.25) is 0 Å². The fraction of sp³-hybridized carbons (Fsp3) is 0.381. The van der Waals surface area contributed by atoms with Crippen molar-refractivity contribution in [2.75, 3.05) is 19.7 Å². The molecular weight excluding hydrogens is 422 g/mol. The SMILES string of the molecule is CC(=O)NCCNC(=O)c1nccc2nn(Cc3cnc(OCC(C)(F)F)c(C)c3)cc12. The van der Waals surface area contributed by atoms with Crippen LogP contribution in [0.4, 0.5) is 8.78 Å². The number of pyridine rings is 2. The summed E-state index contributed by atoms with van der Waals surface area (Å²) in [6, 6.07) is 3.49. The highest BCUT2D eigenvalue weighted by Crippen LogP contribution is 2.21. The minimum Gasteiger partial charge on any atom is -0.471 e. The van der Waals surface area contributed by atoms with Gasteiger partial charge in [-0.2, -0.15) is 5.10 Å². The van der Waals surface area contributed by atoms with Gasteiger partial charge in [0.2, 0.25) is 11.8 Å². The van der Waals surface area contributed by atoms with Gasteiger partial charge in [0.15, 0.2) is 6.61 Å². The molecule has 3 heterocycles. The Hall–Kier alpha value is -3.63. The second kappa shape index (κ2) is 9.67. The molecule has 0 atom stereocenters. The van der Waals surface area contributed by atoms with E-state index in [2.05, 4.69) is 25.7 Å². The van der Waals surface area contributed by atoms with Crippen LogP contribution in [0.25, 0.3) is 10.9 Å². The molecule has 0 bridgehead atoms. The monoisotopic (exact) mass is 446 g/mol. The van der Waals surface area contributed by atoms with E-state index in [-0.39, 0.29) is 29.9 Å². The molecule has 11 heteroatoms. The minimum atomic E-state index is -2.94. The first kappa shape index (κ1) is 23.0. The molecule has 0 aliphatic rings. The maximum Gasteiger partial charge on any atom is 0.278 e. The summed E-state index contributed by atoms with van der Waals surface area (Å²) < 4.78 is 32.7. The Kier molecular flexibility index (Phi) is 6.96. The normalized spacial score (nSPS) is 11.4. The van der Waals surface area contributed by atoms with Gasteiger partial charge in [0.1, 0.15) is 5.69 Å². The van der Waals surface area contributed by atoms with Crippen LogP contribution in [0.15, 0.2) is 30.7 Å². The van der Waals surface area contributed by atoms with Gasteiger partial charge in [-0.3, -0.25) is 19.3 Å². The Morgan fingerprint density at radius 1 is 1.22 bits per heavy atom. The molecule has 2 amide bonds. The predicted octanol–water partition coefficient (Wildman–Crippen LogP) is 2.08. The van der Waals surface area contributed by atoms with Gasteiger partial charge in [-0.25, -0.2) is 13.8 Å². The van der Waals surface area contributed by atoms with Crippen molar-refractivity contribution in [2.45, 2.75) is 33.2 Å². The summed E-state index contributed by atoms with van der Waals surface area (Å²) in [4.78, 5) is 31.7. The lowest BCUT2D eigenvalue weighted by molar-refractivity contribution is -0.118. The van der Waals surface area contributed by atoms with Crippen molar-refractivity contribution in [3.63, 3.8) is 0 Å². The number of aromatic nitrogens is 4. The van der Waals surface area contributed by atoms with Gasteiger partial charge >= 0.3 is 0 Å². The number of hydrogen-bond donors (Lipinski definition) is 2. The van der Waals surface area contributed by atoms with Crippen molar-refractivity contribution in [3.8, 4) is 5.88 Å². The maximum absolute atomic E-state index is 13.0. The zero-order valence-corrected chi connectivity index (χ0v) is 18.0. The molecule has 0 radical (unpaired) electrons. The first-order valence-electron chi connectivity index (χ1n) is 9.93. The van der Waals surface area contributed by atoms with Crippen LogP contribution in [0, 0.1) is 6.92 Å². The van der Waals surface area contributed by atoms with Gasteiger partial charge in [0.05, 0.1) is 17.4 Å². The number of aryl methyl sites for hydroxylation is 1. The van der Waals surface area contributed by atoms with Crippen LogP contribution in [0.3, 0.4) is 0 Å². The number of ether oxygens (including phenoxy) is 1. The maximum atomic E-state index is 13.0. The van der Waals surface area contributed by atoms with E-state index in [1.807, 2.05) is 0 Å². The lowest BCUT2D eigenvalue weighted by Gasteiger charge is -2.13. The molecule has 2 N–H and O–H groups in total. The summed E-state index contributed by atoms with van der Waals surface area (Å²) in [5.41, 5.74) is 2.25. The largest absolute Gasteiger partial charge is 0.471 e. The van der Waals surface area contributed by atoms with E-state index in [4.69, 9.17) is 4.74 Å². The molecule has 170 valence electrons. The number of nitrogens with zero attached hydrogens (tertiary/aromatic N) is 4. The van der Waals surface area contributed by atoms with Gasteiger partial charge < -0.3 is 15.4 Å². The number of rotatable bonds is 9. The molecule has 0 saturated carbocycles. The number of fused-ring (bicyclic) bond motifs is 1. The quantitative estimate of drug-likeness (QED) is 0.487. The Morgan fingerprint density at radius 3 is 2.66 bits per heavy atom. The zero-order valence-electron chi connectivity index (χ0n) is 18.0. The number of carbonyl (C=O) groups is 2. The molecule has 3 aromatic rings. The average molecular weight is 446 g/mol. The molecule has 3 rings (SSSR count). The summed E-state index contributed by atoms with van der Waals surface area (Å²) >= 11 is 0. The smallest absolute Gasteiger partial charge is 0.278 e. The molecule has 3 aromatic heterocycles. The molecule has 0 unspecified atom stereocenters. The zero-order chi connectivity index (χ0) is 23.3. The average Bonchev–Trinajstić information content (AvgIpc) is 3.12. The van der Waals surface area contributed by atoms with Crippen LogP contribution < -0.4 is 15.4 Å². The summed E-state index contributed by atoms with van der Waals surface area (Å²) in [5.74, 6) is -3.33. The lowest BCUT2D eigenvalue weighted by Crippen LogP contribution is -2.34. The highest BCUT2D eigenvalue weighted by atomic mass is 19.3. The first-order chi connectivity index (χ1) is 15.1. The van der Waals surface area contributed by atoms with E-state index in [1.54, 1.807) is 29.9 Å². The molecule has 32 heavy (non-hydrogen) atoms. The lowest BCUT2D eigenvalue weighted by atomic mass is 10.2. The number of alkyl halides is 2. The Labute approximate surface area is 183 Å². The van der Waals surface area contributed by atoms with Crippen molar-refractivity contribution in [3.05, 3.63) is 47.5 Å². The van der Waals surface area contributed by atoms with E-state index < -0.39 is 12.5 Å². The van der Waals surface area contributed by atoms with Crippen molar-refractivity contribution < 1.29 is 23.1 Å². The van der Waals surface area contributed by atoms with Crippen molar-refractivity contribution in [1.82, 2.24) is 30.4 Å². The van der Waals surface area contributed by atoms with E-state index in [1.165, 1.54) is 19.3 Å². The van der Waals surface area contributed by atoms with Crippen LogP contribution in [0.1, 0.15) is 35.5 Å². The van der Waals surface area contributed by atoms with Gasteiger partial charge in [0.25, 0.3) is 11.8 Å². The molecule has 0 fully saturated rings. The molecule has 0 aromatic carbocycles. The second-order valence-electron chi connectivity index (χ2n) is 7.48. The highest BCUT2D eigenvalue weighted by molar-refractivity contribution is 6.04.